The molecule has 150 valence electrons. The fourth-order valence-electron chi connectivity index (χ4n) is 3.67. The lowest BCUT2D eigenvalue weighted by Crippen LogP contribution is -2.38. The van der Waals surface area contributed by atoms with Crippen molar-refractivity contribution in [2.45, 2.75) is 78.4 Å². The summed E-state index contributed by atoms with van der Waals surface area (Å²) >= 11 is 0. The second-order valence-electron chi connectivity index (χ2n) is 8.63. The van der Waals surface area contributed by atoms with Crippen LogP contribution in [-0.2, 0) is 14.3 Å². The summed E-state index contributed by atoms with van der Waals surface area (Å²) in [5, 5.41) is 2.46. The van der Waals surface area contributed by atoms with E-state index in [9.17, 15) is 9.59 Å². The topological polar surface area (TPSA) is 64.6 Å². The molecule has 1 N–H and O–H groups in total. The molecule has 27 heavy (non-hydrogen) atoms. The van der Waals surface area contributed by atoms with Gasteiger partial charge in [0, 0.05) is 5.92 Å². The normalized spacial score (nSPS) is 16.8. The smallest absolute Gasteiger partial charge is 0.408 e. The predicted octanol–water partition coefficient (Wildman–Crippen LogP) is 4.64. The minimum Gasteiger partial charge on any atom is -0.461 e. The number of esters is 1. The molecule has 1 aromatic rings. The molecule has 5 heteroatoms. The first-order chi connectivity index (χ1) is 12.6. The molecule has 2 rings (SSSR count). The Labute approximate surface area is 162 Å². The van der Waals surface area contributed by atoms with Gasteiger partial charge in [0.2, 0.25) is 0 Å². The minimum absolute atomic E-state index is 0.185. The maximum atomic E-state index is 12.2. The highest BCUT2D eigenvalue weighted by molar-refractivity contribution is 5.78. The molecule has 0 aromatic heterocycles. The van der Waals surface area contributed by atoms with Crippen molar-refractivity contribution < 1.29 is 19.1 Å². The Kier molecular flexibility index (Phi) is 6.90. The van der Waals surface area contributed by atoms with Crippen LogP contribution in [0.3, 0.4) is 0 Å². The number of carbonyl (C=O) groups excluding carboxylic acids is 2. The number of hydrogen-bond acceptors (Lipinski definition) is 4. The van der Waals surface area contributed by atoms with Gasteiger partial charge in [0.15, 0.2) is 0 Å². The van der Waals surface area contributed by atoms with Crippen molar-refractivity contribution in [3.63, 3.8) is 0 Å². The van der Waals surface area contributed by atoms with Crippen molar-refractivity contribution in [1.29, 1.82) is 0 Å². The molecular weight excluding hydrogens is 342 g/mol. The maximum Gasteiger partial charge on any atom is 0.408 e. The first-order valence-electron chi connectivity index (χ1n) is 9.80. The SMILES string of the molecule is Cc1ccc(C(C2CCC2)C(C)OC(=O)CNC(=O)OC(C)(C)C)c(C)c1. The number of nitrogens with one attached hydrogen (secondary N) is 1. The molecule has 2 atom stereocenters. The summed E-state index contributed by atoms with van der Waals surface area (Å²) in [6, 6.07) is 6.46. The Morgan fingerprint density at radius 2 is 1.89 bits per heavy atom. The summed E-state index contributed by atoms with van der Waals surface area (Å²) in [6.45, 7) is 11.3. The fourth-order valence-corrected chi connectivity index (χ4v) is 3.67. The van der Waals surface area contributed by atoms with Crippen LogP contribution in [0.15, 0.2) is 18.2 Å². The van der Waals surface area contributed by atoms with Crippen LogP contribution in [0, 0.1) is 19.8 Å². The van der Waals surface area contributed by atoms with Gasteiger partial charge in [0.05, 0.1) is 0 Å². The lowest BCUT2D eigenvalue weighted by atomic mass is 9.70. The predicted molar refractivity (Wildman–Crippen MR) is 106 cm³/mol. The molecule has 0 heterocycles. The van der Waals surface area contributed by atoms with Gasteiger partial charge in [-0.15, -0.1) is 0 Å². The highest BCUT2D eigenvalue weighted by Gasteiger charge is 2.35. The van der Waals surface area contributed by atoms with Crippen molar-refractivity contribution in [1.82, 2.24) is 5.32 Å². The monoisotopic (exact) mass is 375 g/mol. The number of carbonyl (C=O) groups is 2. The summed E-state index contributed by atoms with van der Waals surface area (Å²) in [4.78, 5) is 23.9. The zero-order valence-corrected chi connectivity index (χ0v) is 17.4. The zero-order chi connectivity index (χ0) is 20.2. The Morgan fingerprint density at radius 3 is 2.41 bits per heavy atom. The van der Waals surface area contributed by atoms with Crippen molar-refractivity contribution in [3.05, 3.63) is 34.9 Å². The Hall–Kier alpha value is -2.04. The van der Waals surface area contributed by atoms with Crippen molar-refractivity contribution in [2.75, 3.05) is 6.54 Å². The second kappa shape index (κ2) is 8.77. The molecular formula is C22H33NO4. The van der Waals surface area contributed by atoms with Gasteiger partial charge in [-0.1, -0.05) is 30.2 Å². The van der Waals surface area contributed by atoms with Crippen LogP contribution in [0.1, 0.15) is 69.6 Å². The van der Waals surface area contributed by atoms with Gasteiger partial charge in [-0.05, 0) is 71.4 Å². The summed E-state index contributed by atoms with van der Waals surface area (Å²) < 4.78 is 10.8. The van der Waals surface area contributed by atoms with Crippen LogP contribution in [0.4, 0.5) is 4.79 Å². The highest BCUT2D eigenvalue weighted by atomic mass is 16.6. The van der Waals surface area contributed by atoms with E-state index >= 15 is 0 Å². The van der Waals surface area contributed by atoms with Gasteiger partial charge in [-0.2, -0.15) is 0 Å². The summed E-state index contributed by atoms with van der Waals surface area (Å²) in [5.41, 5.74) is 3.13. The minimum atomic E-state index is -0.614. The van der Waals surface area contributed by atoms with Crippen LogP contribution in [-0.4, -0.2) is 30.3 Å². The molecule has 1 aromatic carbocycles. The van der Waals surface area contributed by atoms with Crippen LogP contribution >= 0.6 is 0 Å². The highest BCUT2D eigenvalue weighted by Crippen LogP contribution is 2.43. The third-order valence-electron chi connectivity index (χ3n) is 5.04. The third kappa shape index (κ3) is 6.26. The second-order valence-corrected chi connectivity index (χ2v) is 8.63. The van der Waals surface area contributed by atoms with E-state index in [-0.39, 0.29) is 18.6 Å². The first kappa shape index (κ1) is 21.3. The van der Waals surface area contributed by atoms with E-state index in [1.54, 1.807) is 20.8 Å². The van der Waals surface area contributed by atoms with Gasteiger partial charge in [-0.3, -0.25) is 4.79 Å². The lowest BCUT2D eigenvalue weighted by molar-refractivity contribution is -0.149. The van der Waals surface area contributed by atoms with Crippen LogP contribution in [0.5, 0.6) is 0 Å². The van der Waals surface area contributed by atoms with Gasteiger partial charge in [0.1, 0.15) is 18.2 Å². The molecule has 1 aliphatic rings. The van der Waals surface area contributed by atoms with E-state index in [4.69, 9.17) is 9.47 Å². The lowest BCUT2D eigenvalue weighted by Gasteiger charge is -2.38. The number of rotatable bonds is 6. The summed E-state index contributed by atoms with van der Waals surface area (Å²) in [5.74, 6) is 0.278. The molecule has 1 aliphatic carbocycles. The fraction of sp³-hybridized carbons (Fsp3) is 0.636. The molecule has 0 bridgehead atoms. The molecule has 0 saturated heterocycles. The molecule has 1 saturated carbocycles. The molecule has 2 unspecified atom stereocenters. The van der Waals surface area contributed by atoms with Crippen molar-refractivity contribution >= 4 is 12.1 Å². The summed E-state index contributed by atoms with van der Waals surface area (Å²) in [7, 11) is 0. The summed E-state index contributed by atoms with van der Waals surface area (Å²) in [6.07, 6.45) is 2.70. The molecule has 5 nitrogen and oxygen atoms in total. The largest absolute Gasteiger partial charge is 0.461 e. The van der Waals surface area contributed by atoms with E-state index < -0.39 is 17.7 Å². The Morgan fingerprint density at radius 1 is 1.22 bits per heavy atom. The van der Waals surface area contributed by atoms with Crippen LogP contribution in [0.2, 0.25) is 0 Å². The Bertz CT molecular complexity index is 673. The van der Waals surface area contributed by atoms with E-state index in [0.717, 1.165) is 12.8 Å². The van der Waals surface area contributed by atoms with Crippen LogP contribution in [0.25, 0.3) is 0 Å². The van der Waals surface area contributed by atoms with E-state index in [1.807, 2.05) is 6.92 Å². The van der Waals surface area contributed by atoms with Gasteiger partial charge in [0.25, 0.3) is 0 Å². The van der Waals surface area contributed by atoms with E-state index in [0.29, 0.717) is 5.92 Å². The van der Waals surface area contributed by atoms with Gasteiger partial charge >= 0.3 is 12.1 Å². The molecule has 1 amide bonds. The Balaban J connectivity index is 1.98. The number of aryl methyl sites for hydroxylation is 2. The standard InChI is InChI=1S/C22H33NO4/c1-14-10-11-18(15(2)12-14)20(17-8-7-9-17)16(3)26-19(24)13-23-21(25)27-22(4,5)6/h10-12,16-17,20H,7-9,13H2,1-6H3,(H,23,25). The van der Waals surface area contributed by atoms with E-state index in [1.165, 1.54) is 23.1 Å². The average molecular weight is 376 g/mol. The maximum absolute atomic E-state index is 12.2. The quantitative estimate of drug-likeness (QED) is 0.736. The molecule has 0 spiro atoms. The number of amides is 1. The number of alkyl carbamates (subject to hydrolysis) is 1. The number of hydrogen-bond donors (Lipinski definition) is 1. The number of ether oxygens (including phenoxy) is 2. The van der Waals surface area contributed by atoms with Crippen LogP contribution < -0.4 is 5.32 Å². The van der Waals surface area contributed by atoms with E-state index in [2.05, 4.69) is 37.4 Å². The van der Waals surface area contributed by atoms with Crippen molar-refractivity contribution in [3.8, 4) is 0 Å². The zero-order valence-electron chi connectivity index (χ0n) is 17.4. The first-order valence-corrected chi connectivity index (χ1v) is 9.80. The number of benzene rings is 1. The van der Waals surface area contributed by atoms with Crippen molar-refractivity contribution in [2.24, 2.45) is 5.92 Å². The molecule has 0 radical (unpaired) electrons. The average Bonchev–Trinajstić information content (AvgIpc) is 2.47. The van der Waals surface area contributed by atoms with Gasteiger partial charge in [-0.25, -0.2) is 4.79 Å². The molecule has 1 fully saturated rings. The third-order valence-corrected chi connectivity index (χ3v) is 5.04. The van der Waals surface area contributed by atoms with Gasteiger partial charge < -0.3 is 14.8 Å². The molecule has 0 aliphatic heterocycles.